The van der Waals surface area contributed by atoms with Gasteiger partial charge in [0.1, 0.15) is 11.5 Å². The zero-order chi connectivity index (χ0) is 33.2. The Morgan fingerprint density at radius 3 is 1.31 bits per heavy atom. The van der Waals surface area contributed by atoms with E-state index in [2.05, 4.69) is 147 Å². The number of benzene rings is 4. The van der Waals surface area contributed by atoms with E-state index in [0.29, 0.717) is 23.7 Å². The molecule has 4 atom stereocenters. The monoisotopic (exact) mass is 640 g/mol. The first-order valence-corrected chi connectivity index (χ1v) is 18.6. The molecule has 1 fully saturated rings. The maximum absolute atomic E-state index is 5.93. The minimum absolute atomic E-state index is 0.462. The van der Waals surface area contributed by atoms with Gasteiger partial charge >= 0.3 is 0 Å². The normalized spacial score (nSPS) is 17.8. The summed E-state index contributed by atoms with van der Waals surface area (Å²) in [6.45, 7) is 5.96. The van der Waals surface area contributed by atoms with Crippen molar-refractivity contribution in [3.05, 3.63) is 144 Å². The summed E-state index contributed by atoms with van der Waals surface area (Å²) in [6, 6.07) is 39.5. The van der Waals surface area contributed by atoms with E-state index in [4.69, 9.17) is 9.47 Å². The summed E-state index contributed by atoms with van der Waals surface area (Å²) < 4.78 is 11.9. The van der Waals surface area contributed by atoms with Crippen molar-refractivity contribution in [3.63, 3.8) is 0 Å². The molecular formula is C46H56O2. The number of hydrogen-bond donors (Lipinski definition) is 0. The Kier molecular flexibility index (Phi) is 14.5. The molecule has 0 aliphatic heterocycles. The lowest BCUT2D eigenvalue weighted by atomic mass is 9.65. The number of unbranched alkanes of at least 4 members (excludes halogenated alkanes) is 2. The van der Waals surface area contributed by atoms with Crippen LogP contribution in [-0.2, 0) is 12.8 Å². The molecule has 4 aromatic carbocycles. The van der Waals surface area contributed by atoms with E-state index >= 15 is 0 Å². The molecule has 0 bridgehead atoms. The fourth-order valence-electron chi connectivity index (χ4n) is 7.24. The van der Waals surface area contributed by atoms with Gasteiger partial charge in [0, 0.05) is 0 Å². The SMILES string of the molecule is CCCCOc1ccc(C=CC(Cc2ccccc2)[C@H]2CCCC[C@@H]2C(C=Cc2ccc(OCCCC)cc2)Cc2ccccc2)cc1. The summed E-state index contributed by atoms with van der Waals surface area (Å²) in [5.41, 5.74) is 5.33. The van der Waals surface area contributed by atoms with Crippen LogP contribution in [0.2, 0.25) is 0 Å². The number of allylic oxidation sites excluding steroid dienone is 2. The molecule has 4 aromatic rings. The third-order valence-corrected chi connectivity index (χ3v) is 9.97. The van der Waals surface area contributed by atoms with Crippen molar-refractivity contribution in [3.8, 4) is 11.5 Å². The molecule has 0 saturated heterocycles. The number of ether oxygens (including phenoxy) is 2. The molecular weight excluding hydrogens is 585 g/mol. The van der Waals surface area contributed by atoms with Crippen LogP contribution in [0.5, 0.6) is 11.5 Å². The molecule has 2 unspecified atom stereocenters. The summed E-state index contributed by atoms with van der Waals surface area (Å²) in [6.07, 6.45) is 21.6. The van der Waals surface area contributed by atoms with Gasteiger partial charge in [0.2, 0.25) is 0 Å². The predicted octanol–water partition coefficient (Wildman–Crippen LogP) is 12.3. The molecule has 0 amide bonds. The Morgan fingerprint density at radius 1 is 0.542 bits per heavy atom. The van der Waals surface area contributed by atoms with Gasteiger partial charge in [-0.05, 0) is 109 Å². The lowest BCUT2D eigenvalue weighted by Crippen LogP contribution is -2.33. The summed E-state index contributed by atoms with van der Waals surface area (Å²) in [5, 5.41) is 0. The van der Waals surface area contributed by atoms with Gasteiger partial charge in [0.25, 0.3) is 0 Å². The summed E-state index contributed by atoms with van der Waals surface area (Å²) in [7, 11) is 0. The minimum atomic E-state index is 0.462. The molecule has 2 nitrogen and oxygen atoms in total. The van der Waals surface area contributed by atoms with E-state index in [-0.39, 0.29) is 0 Å². The maximum atomic E-state index is 5.93. The van der Waals surface area contributed by atoms with E-state index in [0.717, 1.165) is 63.2 Å². The maximum Gasteiger partial charge on any atom is 0.119 e. The largest absolute Gasteiger partial charge is 0.494 e. The molecule has 1 saturated carbocycles. The smallest absolute Gasteiger partial charge is 0.119 e. The molecule has 5 rings (SSSR count). The molecule has 0 radical (unpaired) electrons. The van der Waals surface area contributed by atoms with Crippen molar-refractivity contribution < 1.29 is 9.47 Å². The molecule has 252 valence electrons. The Balaban J connectivity index is 1.40. The van der Waals surface area contributed by atoms with Crippen LogP contribution >= 0.6 is 0 Å². The van der Waals surface area contributed by atoms with Crippen LogP contribution in [0.1, 0.15) is 87.5 Å². The van der Waals surface area contributed by atoms with Gasteiger partial charge in [0.15, 0.2) is 0 Å². The molecule has 0 N–H and O–H groups in total. The summed E-state index contributed by atoms with van der Waals surface area (Å²) >= 11 is 0. The Bertz CT molecular complexity index is 1370. The molecule has 0 aromatic heterocycles. The highest BCUT2D eigenvalue weighted by molar-refractivity contribution is 5.52. The third kappa shape index (κ3) is 11.3. The van der Waals surface area contributed by atoms with Crippen LogP contribution in [0.25, 0.3) is 12.2 Å². The minimum Gasteiger partial charge on any atom is -0.494 e. The topological polar surface area (TPSA) is 18.5 Å². The highest BCUT2D eigenvalue weighted by Gasteiger charge is 2.35. The fourth-order valence-corrected chi connectivity index (χ4v) is 7.24. The van der Waals surface area contributed by atoms with Crippen molar-refractivity contribution >= 4 is 12.2 Å². The Hall–Kier alpha value is -4.04. The first-order chi connectivity index (χ1) is 23.7. The number of hydrogen-bond acceptors (Lipinski definition) is 2. The van der Waals surface area contributed by atoms with Gasteiger partial charge in [-0.15, -0.1) is 0 Å². The van der Waals surface area contributed by atoms with Gasteiger partial charge in [-0.3, -0.25) is 0 Å². The third-order valence-electron chi connectivity index (χ3n) is 9.97. The molecule has 1 aliphatic carbocycles. The fraction of sp³-hybridized carbons (Fsp3) is 0.391. The second-order valence-corrected chi connectivity index (χ2v) is 13.6. The van der Waals surface area contributed by atoms with Crippen molar-refractivity contribution in [1.82, 2.24) is 0 Å². The zero-order valence-electron chi connectivity index (χ0n) is 29.3. The Morgan fingerprint density at radius 2 is 0.938 bits per heavy atom. The molecule has 0 heterocycles. The second-order valence-electron chi connectivity index (χ2n) is 13.6. The summed E-state index contributed by atoms with van der Waals surface area (Å²) in [4.78, 5) is 0. The van der Waals surface area contributed by atoms with Crippen molar-refractivity contribution in [2.24, 2.45) is 23.7 Å². The van der Waals surface area contributed by atoms with E-state index in [1.54, 1.807) is 0 Å². The highest BCUT2D eigenvalue weighted by atomic mass is 16.5. The van der Waals surface area contributed by atoms with Gasteiger partial charge in [-0.2, -0.15) is 0 Å². The first-order valence-electron chi connectivity index (χ1n) is 18.6. The van der Waals surface area contributed by atoms with Crippen molar-refractivity contribution in [1.29, 1.82) is 0 Å². The van der Waals surface area contributed by atoms with Crippen LogP contribution < -0.4 is 9.47 Å². The predicted molar refractivity (Wildman–Crippen MR) is 204 cm³/mol. The molecule has 2 heteroatoms. The molecule has 1 aliphatic rings. The van der Waals surface area contributed by atoms with Crippen LogP contribution in [0.3, 0.4) is 0 Å². The standard InChI is InChI=1S/C46H56O2/c1-3-5-33-47-43-29-23-37(24-30-43)21-27-41(35-39-15-9-7-10-16-39)45-19-13-14-20-46(45)42(36-40-17-11-8-12-18-40)28-22-38-25-31-44(32-26-38)48-34-6-4-2/h7-12,15-18,21-32,41-42,45-46H,3-6,13-14,19-20,33-36H2,1-2H3/t41?,42?,45-,46-/m1/s1. The lowest BCUT2D eigenvalue weighted by Gasteiger charge is -2.40. The zero-order valence-corrected chi connectivity index (χ0v) is 29.3. The lowest BCUT2D eigenvalue weighted by molar-refractivity contribution is 0.144. The van der Waals surface area contributed by atoms with Crippen LogP contribution in [0.4, 0.5) is 0 Å². The van der Waals surface area contributed by atoms with Crippen LogP contribution in [0.15, 0.2) is 121 Å². The summed E-state index contributed by atoms with van der Waals surface area (Å²) in [5.74, 6) is 4.07. The van der Waals surface area contributed by atoms with Gasteiger partial charge in [0.05, 0.1) is 13.2 Å². The molecule has 0 spiro atoms. The number of rotatable bonds is 18. The highest BCUT2D eigenvalue weighted by Crippen LogP contribution is 2.43. The van der Waals surface area contributed by atoms with Crippen LogP contribution in [-0.4, -0.2) is 13.2 Å². The van der Waals surface area contributed by atoms with Gasteiger partial charge < -0.3 is 9.47 Å². The van der Waals surface area contributed by atoms with Gasteiger partial charge in [-0.1, -0.05) is 149 Å². The van der Waals surface area contributed by atoms with Gasteiger partial charge in [-0.25, -0.2) is 0 Å². The van der Waals surface area contributed by atoms with Crippen molar-refractivity contribution in [2.45, 2.75) is 78.1 Å². The Labute approximate surface area is 290 Å². The average Bonchev–Trinajstić information content (AvgIpc) is 3.14. The molecule has 48 heavy (non-hydrogen) atoms. The average molecular weight is 641 g/mol. The second kappa shape index (κ2) is 19.7. The van der Waals surface area contributed by atoms with Crippen LogP contribution in [0, 0.1) is 23.7 Å². The first kappa shape index (κ1) is 35.3. The van der Waals surface area contributed by atoms with E-state index in [1.807, 2.05) is 0 Å². The quantitative estimate of drug-likeness (QED) is 0.101. The van der Waals surface area contributed by atoms with E-state index < -0.39 is 0 Å². The van der Waals surface area contributed by atoms with E-state index in [9.17, 15) is 0 Å². The van der Waals surface area contributed by atoms with Crippen molar-refractivity contribution in [2.75, 3.05) is 13.2 Å². The van der Waals surface area contributed by atoms with E-state index in [1.165, 1.54) is 47.9 Å².